The van der Waals surface area contributed by atoms with Crippen LogP contribution in [0.5, 0.6) is 0 Å². The van der Waals surface area contributed by atoms with Crippen molar-refractivity contribution in [3.63, 3.8) is 0 Å². The zero-order valence-electron chi connectivity index (χ0n) is 11.2. The van der Waals surface area contributed by atoms with E-state index in [4.69, 9.17) is 5.11 Å². The van der Waals surface area contributed by atoms with Crippen molar-refractivity contribution in [2.24, 2.45) is 0 Å². The fourth-order valence-corrected chi connectivity index (χ4v) is 2.19. The van der Waals surface area contributed by atoms with Crippen molar-refractivity contribution in [3.8, 4) is 0 Å². The quantitative estimate of drug-likeness (QED) is 0.842. The normalized spacial score (nSPS) is 13.9. The maximum absolute atomic E-state index is 13.1. The standard InChI is InChI=1S/C14H19BrFNO2/c1-3-14(2,6-7-18)17-13(19)9-10-8-11(16)4-5-12(10)15/h4-5,8,18H,3,6-7,9H2,1-2H3,(H,17,19). The van der Waals surface area contributed by atoms with Crippen LogP contribution in [0.3, 0.4) is 0 Å². The van der Waals surface area contributed by atoms with Crippen molar-refractivity contribution >= 4 is 21.8 Å². The summed E-state index contributed by atoms with van der Waals surface area (Å²) >= 11 is 3.30. The minimum Gasteiger partial charge on any atom is -0.396 e. The van der Waals surface area contributed by atoms with E-state index in [1.807, 2.05) is 13.8 Å². The number of aliphatic hydroxyl groups is 1. The van der Waals surface area contributed by atoms with E-state index in [0.29, 0.717) is 16.5 Å². The molecule has 1 atom stereocenters. The summed E-state index contributed by atoms with van der Waals surface area (Å²) in [6, 6.07) is 4.27. The Morgan fingerprint density at radius 1 is 1.53 bits per heavy atom. The molecule has 0 aliphatic rings. The summed E-state index contributed by atoms with van der Waals surface area (Å²) in [5.74, 6) is -0.538. The van der Waals surface area contributed by atoms with E-state index in [-0.39, 0.29) is 24.8 Å². The van der Waals surface area contributed by atoms with Crippen molar-refractivity contribution < 1.29 is 14.3 Å². The van der Waals surface area contributed by atoms with E-state index in [0.717, 1.165) is 6.42 Å². The van der Waals surface area contributed by atoms with Gasteiger partial charge in [0.25, 0.3) is 0 Å². The first-order valence-corrected chi connectivity index (χ1v) is 7.05. The van der Waals surface area contributed by atoms with Crippen LogP contribution in [0.25, 0.3) is 0 Å². The van der Waals surface area contributed by atoms with Gasteiger partial charge in [-0.3, -0.25) is 4.79 Å². The molecule has 1 aromatic rings. The number of aliphatic hydroxyl groups excluding tert-OH is 1. The lowest BCUT2D eigenvalue weighted by Crippen LogP contribution is -2.46. The van der Waals surface area contributed by atoms with Crippen molar-refractivity contribution in [3.05, 3.63) is 34.1 Å². The lowest BCUT2D eigenvalue weighted by Gasteiger charge is -2.29. The predicted octanol–water partition coefficient (Wildman–Crippen LogP) is 2.80. The zero-order valence-corrected chi connectivity index (χ0v) is 12.8. The summed E-state index contributed by atoms with van der Waals surface area (Å²) in [7, 11) is 0. The highest BCUT2D eigenvalue weighted by Gasteiger charge is 2.23. The van der Waals surface area contributed by atoms with E-state index in [2.05, 4.69) is 21.2 Å². The monoisotopic (exact) mass is 331 g/mol. The third kappa shape index (κ3) is 4.91. The van der Waals surface area contributed by atoms with Crippen molar-refractivity contribution in [2.75, 3.05) is 6.61 Å². The Labute approximate surface area is 121 Å². The lowest BCUT2D eigenvalue weighted by molar-refractivity contribution is -0.122. The molecule has 0 bridgehead atoms. The molecule has 0 saturated heterocycles. The van der Waals surface area contributed by atoms with Crippen LogP contribution < -0.4 is 5.32 Å². The molecule has 3 nitrogen and oxygen atoms in total. The molecule has 19 heavy (non-hydrogen) atoms. The zero-order chi connectivity index (χ0) is 14.5. The fraction of sp³-hybridized carbons (Fsp3) is 0.500. The molecule has 0 spiro atoms. The maximum Gasteiger partial charge on any atom is 0.224 e. The Morgan fingerprint density at radius 2 is 2.21 bits per heavy atom. The van der Waals surface area contributed by atoms with Crippen LogP contribution in [0.4, 0.5) is 4.39 Å². The van der Waals surface area contributed by atoms with Crippen molar-refractivity contribution in [1.82, 2.24) is 5.32 Å². The third-order valence-electron chi connectivity index (χ3n) is 3.24. The number of nitrogens with one attached hydrogen (secondary N) is 1. The summed E-state index contributed by atoms with van der Waals surface area (Å²) in [5, 5.41) is 11.9. The average Bonchev–Trinajstić information content (AvgIpc) is 2.34. The first-order chi connectivity index (χ1) is 8.90. The number of hydrogen-bond donors (Lipinski definition) is 2. The number of carbonyl (C=O) groups excluding carboxylic acids is 1. The number of hydrogen-bond acceptors (Lipinski definition) is 2. The Hall–Kier alpha value is -0.940. The van der Waals surface area contributed by atoms with Gasteiger partial charge in [0, 0.05) is 16.6 Å². The first-order valence-electron chi connectivity index (χ1n) is 6.26. The molecule has 1 unspecified atom stereocenters. The van der Waals surface area contributed by atoms with Gasteiger partial charge in [0.05, 0.1) is 6.42 Å². The summed E-state index contributed by atoms with van der Waals surface area (Å²) < 4.78 is 13.8. The molecule has 0 aliphatic heterocycles. The van der Waals surface area contributed by atoms with Crippen LogP contribution in [0.2, 0.25) is 0 Å². The van der Waals surface area contributed by atoms with Gasteiger partial charge >= 0.3 is 0 Å². The van der Waals surface area contributed by atoms with Gasteiger partial charge in [-0.05, 0) is 43.5 Å². The van der Waals surface area contributed by atoms with Gasteiger partial charge in [-0.25, -0.2) is 4.39 Å². The molecule has 0 aromatic heterocycles. The van der Waals surface area contributed by atoms with E-state index in [1.54, 1.807) is 6.07 Å². The molecular weight excluding hydrogens is 313 g/mol. The fourth-order valence-electron chi connectivity index (χ4n) is 1.81. The van der Waals surface area contributed by atoms with Gasteiger partial charge in [-0.1, -0.05) is 22.9 Å². The van der Waals surface area contributed by atoms with Crippen LogP contribution in [0, 0.1) is 5.82 Å². The highest BCUT2D eigenvalue weighted by molar-refractivity contribution is 9.10. The highest BCUT2D eigenvalue weighted by Crippen LogP contribution is 2.19. The molecule has 5 heteroatoms. The second-order valence-corrected chi connectivity index (χ2v) is 5.70. The van der Waals surface area contributed by atoms with E-state index >= 15 is 0 Å². The predicted molar refractivity (Wildman–Crippen MR) is 76.3 cm³/mol. The van der Waals surface area contributed by atoms with Crippen LogP contribution in [-0.4, -0.2) is 23.2 Å². The highest BCUT2D eigenvalue weighted by atomic mass is 79.9. The summed E-state index contributed by atoms with van der Waals surface area (Å²) in [6.07, 6.45) is 1.34. The third-order valence-corrected chi connectivity index (χ3v) is 4.02. The number of halogens is 2. The number of rotatable bonds is 6. The van der Waals surface area contributed by atoms with Gasteiger partial charge in [-0.15, -0.1) is 0 Å². The van der Waals surface area contributed by atoms with Gasteiger partial charge in [-0.2, -0.15) is 0 Å². The Bertz CT molecular complexity index is 453. The minimum absolute atomic E-state index is 0.0221. The van der Waals surface area contributed by atoms with Crippen LogP contribution in [-0.2, 0) is 11.2 Å². The molecule has 1 aromatic carbocycles. The van der Waals surface area contributed by atoms with E-state index < -0.39 is 5.54 Å². The molecule has 1 rings (SSSR count). The van der Waals surface area contributed by atoms with Crippen LogP contribution >= 0.6 is 15.9 Å². The molecule has 0 aliphatic carbocycles. The summed E-state index contributed by atoms with van der Waals surface area (Å²) in [5.41, 5.74) is 0.186. The lowest BCUT2D eigenvalue weighted by atomic mass is 9.94. The Morgan fingerprint density at radius 3 is 2.79 bits per heavy atom. The maximum atomic E-state index is 13.1. The molecule has 0 heterocycles. The molecule has 106 valence electrons. The van der Waals surface area contributed by atoms with Crippen molar-refractivity contribution in [1.29, 1.82) is 0 Å². The minimum atomic E-state index is -0.425. The number of benzene rings is 1. The second-order valence-electron chi connectivity index (χ2n) is 4.85. The van der Waals surface area contributed by atoms with Crippen molar-refractivity contribution in [2.45, 2.75) is 38.6 Å². The van der Waals surface area contributed by atoms with Crippen LogP contribution in [0.1, 0.15) is 32.3 Å². The van der Waals surface area contributed by atoms with Gasteiger partial charge in [0.1, 0.15) is 5.82 Å². The summed E-state index contributed by atoms with van der Waals surface area (Å²) in [4.78, 5) is 12.0. The molecule has 0 fully saturated rings. The van der Waals surface area contributed by atoms with Crippen LogP contribution in [0.15, 0.2) is 22.7 Å². The van der Waals surface area contributed by atoms with E-state index in [1.165, 1.54) is 12.1 Å². The first kappa shape index (κ1) is 16.1. The largest absolute Gasteiger partial charge is 0.396 e. The molecule has 0 radical (unpaired) electrons. The van der Waals surface area contributed by atoms with Gasteiger partial charge < -0.3 is 10.4 Å². The molecule has 2 N–H and O–H groups in total. The number of carbonyl (C=O) groups is 1. The van der Waals surface area contributed by atoms with Gasteiger partial charge in [0.15, 0.2) is 0 Å². The number of amides is 1. The topological polar surface area (TPSA) is 49.3 Å². The van der Waals surface area contributed by atoms with E-state index in [9.17, 15) is 9.18 Å². The Balaban J connectivity index is 2.72. The molecular formula is C14H19BrFNO2. The molecule has 1 amide bonds. The second kappa shape index (κ2) is 7.01. The van der Waals surface area contributed by atoms with Gasteiger partial charge in [0.2, 0.25) is 5.91 Å². The summed E-state index contributed by atoms with van der Waals surface area (Å²) in [6.45, 7) is 3.87. The smallest absolute Gasteiger partial charge is 0.224 e. The average molecular weight is 332 g/mol. The SMILES string of the molecule is CCC(C)(CCO)NC(=O)Cc1cc(F)ccc1Br. The molecule has 0 saturated carbocycles. The Kier molecular flexibility index (Phi) is 5.94.